The second kappa shape index (κ2) is 12.2. The maximum atomic E-state index is 10.8. The van der Waals surface area contributed by atoms with Crippen LogP contribution in [0.25, 0.3) is 0 Å². The minimum atomic E-state index is -2.24. The topological polar surface area (TPSA) is 58.9 Å². The Labute approximate surface area is 220 Å². The molecule has 0 aromatic heterocycles. The Hall–Kier alpha value is -3.49. The molecule has 0 radical (unpaired) electrons. The van der Waals surface area contributed by atoms with Crippen molar-refractivity contribution >= 4 is 23.2 Å². The minimum absolute atomic E-state index is 0.0239. The Morgan fingerprint density at radius 2 is 1.03 bits per heavy atom. The number of benzene rings is 4. The van der Waals surface area contributed by atoms with Crippen LogP contribution >= 0.6 is 7.26 Å². The Morgan fingerprint density at radius 1 is 0.595 bits per heavy atom. The second-order valence-corrected chi connectivity index (χ2v) is 13.5. The zero-order chi connectivity index (χ0) is 26.3. The molecule has 4 rings (SSSR count). The van der Waals surface area contributed by atoms with Gasteiger partial charge in [0, 0.05) is 0 Å². The Balaban J connectivity index is 1.59. The summed E-state index contributed by atoms with van der Waals surface area (Å²) in [5, 5.41) is 25.7. The Morgan fingerprint density at radius 3 is 1.46 bits per heavy atom. The van der Waals surface area contributed by atoms with Gasteiger partial charge in [0.05, 0.1) is 0 Å². The molecule has 0 unspecified atom stereocenters. The van der Waals surface area contributed by atoms with E-state index >= 15 is 0 Å². The van der Waals surface area contributed by atoms with Crippen LogP contribution in [0, 0.1) is 6.92 Å². The number of hydrogen-bond acceptors (Lipinski definition) is 4. The van der Waals surface area contributed by atoms with Gasteiger partial charge in [0.2, 0.25) is 0 Å². The van der Waals surface area contributed by atoms with Crippen molar-refractivity contribution < 1.29 is 19.7 Å². The van der Waals surface area contributed by atoms with Crippen LogP contribution in [-0.4, -0.2) is 30.6 Å². The predicted octanol–water partition coefficient (Wildman–Crippen LogP) is 5.86. The molecule has 0 aliphatic carbocycles. The molecule has 0 spiro atoms. The van der Waals surface area contributed by atoms with E-state index in [1.165, 1.54) is 30.1 Å². The van der Waals surface area contributed by atoms with Gasteiger partial charge in [-0.05, 0) is 0 Å². The van der Waals surface area contributed by atoms with Crippen LogP contribution in [0.2, 0.25) is 0 Å². The fraction of sp³-hybridized carbons (Fsp3) is 0.250. The van der Waals surface area contributed by atoms with E-state index in [1.807, 2.05) is 6.92 Å². The summed E-state index contributed by atoms with van der Waals surface area (Å²) in [5.41, 5.74) is 1.35. The molecule has 4 aromatic rings. The van der Waals surface area contributed by atoms with Gasteiger partial charge < -0.3 is 0 Å². The molecular formula is C32H37O4P. The molecule has 0 aliphatic heterocycles. The first-order valence-electron chi connectivity index (χ1n) is 12.9. The summed E-state index contributed by atoms with van der Waals surface area (Å²) < 4.78 is 10.6. The third-order valence-corrected chi connectivity index (χ3v) is 12.5. The Bertz CT molecular complexity index is 1190. The molecule has 0 saturated carbocycles. The van der Waals surface area contributed by atoms with Crippen molar-refractivity contribution in [1.82, 2.24) is 0 Å². The number of hydrogen-bond donors (Lipinski definition) is 2. The molecule has 194 valence electrons. The molecule has 4 nitrogen and oxygen atoms in total. The van der Waals surface area contributed by atoms with Gasteiger partial charge in [0.15, 0.2) is 0 Å². The zero-order valence-electron chi connectivity index (χ0n) is 21.9. The van der Waals surface area contributed by atoms with Gasteiger partial charge in [0.25, 0.3) is 0 Å². The van der Waals surface area contributed by atoms with Crippen LogP contribution in [-0.2, 0) is 6.42 Å². The molecule has 2 N–H and O–H groups in total. The van der Waals surface area contributed by atoms with Gasteiger partial charge in [-0.3, -0.25) is 0 Å². The first-order chi connectivity index (χ1) is 18.0. The van der Waals surface area contributed by atoms with E-state index < -0.39 is 7.26 Å². The van der Waals surface area contributed by atoms with Crippen LogP contribution in [0.3, 0.4) is 0 Å². The average molecular weight is 517 g/mol. The van der Waals surface area contributed by atoms with Crippen molar-refractivity contribution in [3.63, 3.8) is 0 Å². The summed E-state index contributed by atoms with van der Waals surface area (Å²) in [4.78, 5) is 0. The molecule has 0 atom stereocenters. The van der Waals surface area contributed by atoms with E-state index in [0.29, 0.717) is 17.5 Å². The monoisotopic (exact) mass is 516 g/mol. The first kappa shape index (κ1) is 26.6. The fourth-order valence-corrected chi connectivity index (χ4v) is 10.4. The van der Waals surface area contributed by atoms with Gasteiger partial charge in [-0.2, -0.15) is 0 Å². The molecule has 37 heavy (non-hydrogen) atoms. The van der Waals surface area contributed by atoms with Crippen LogP contribution in [0.5, 0.6) is 23.0 Å². The summed E-state index contributed by atoms with van der Waals surface area (Å²) in [6.07, 6.45) is 4.71. The van der Waals surface area contributed by atoms with E-state index in [9.17, 15) is 10.2 Å². The Kier molecular flexibility index (Phi) is 8.74. The average Bonchev–Trinajstić information content (AvgIpc) is 2.95. The number of rotatable bonds is 11. The zero-order valence-corrected chi connectivity index (χ0v) is 22.9. The van der Waals surface area contributed by atoms with Gasteiger partial charge in [0.1, 0.15) is 0 Å². The molecule has 0 fully saturated rings. The van der Waals surface area contributed by atoms with Crippen molar-refractivity contribution in [2.45, 2.75) is 32.6 Å². The van der Waals surface area contributed by atoms with Crippen molar-refractivity contribution in [1.29, 1.82) is 0 Å². The molecular weight excluding hydrogens is 479 g/mol. The third-order valence-electron chi connectivity index (χ3n) is 7.42. The molecule has 0 bridgehead atoms. The van der Waals surface area contributed by atoms with Gasteiger partial charge in [-0.1, -0.05) is 0 Å². The standard InChI is InChI=1S/C32H37O4P/c1-24-28(30(34)32(36-3)31(35-2)29(24)33)22-14-7-15-23-37(25-16-8-4-9-17-25,26-18-10-5-11-19-26)27-20-12-6-13-21-27/h4-6,8-13,16-21,33-34,37H,7,14-15,22-23H2,1-3H3. The van der Waals surface area contributed by atoms with E-state index in [0.717, 1.165) is 25.4 Å². The van der Waals surface area contributed by atoms with Crippen molar-refractivity contribution in [3.05, 3.63) is 102 Å². The summed E-state index contributed by atoms with van der Waals surface area (Å²) in [6, 6.07) is 32.9. The SMILES string of the molecule is COc1c(O)c(C)c(CCCCC[PH](c2ccccc2)(c2ccccc2)c2ccccc2)c(O)c1OC. The van der Waals surface area contributed by atoms with Crippen molar-refractivity contribution in [2.75, 3.05) is 20.4 Å². The molecule has 4 aromatic carbocycles. The van der Waals surface area contributed by atoms with Crippen LogP contribution in [0.4, 0.5) is 0 Å². The summed E-state index contributed by atoms with van der Waals surface area (Å²) in [7, 11) is 0.689. The number of unbranched alkanes of at least 4 members (excludes halogenated alkanes) is 2. The third kappa shape index (κ3) is 5.31. The van der Waals surface area contributed by atoms with E-state index in [-0.39, 0.29) is 23.0 Å². The number of phenols is 2. The van der Waals surface area contributed by atoms with Crippen LogP contribution in [0.15, 0.2) is 91.0 Å². The normalized spacial score (nSPS) is 11.8. The van der Waals surface area contributed by atoms with Crippen LogP contribution < -0.4 is 25.4 Å². The molecule has 0 aliphatic rings. The summed E-state index contributed by atoms with van der Waals surface area (Å²) in [5.74, 6) is 0.432. The molecule has 0 heterocycles. The van der Waals surface area contributed by atoms with Crippen molar-refractivity contribution in [2.24, 2.45) is 0 Å². The molecule has 0 amide bonds. The van der Waals surface area contributed by atoms with E-state index in [4.69, 9.17) is 9.47 Å². The van der Waals surface area contributed by atoms with Crippen molar-refractivity contribution in [3.8, 4) is 23.0 Å². The second-order valence-electron chi connectivity index (χ2n) is 9.43. The molecule has 0 saturated heterocycles. The van der Waals surface area contributed by atoms with Gasteiger partial charge in [-0.25, -0.2) is 0 Å². The number of methoxy groups -OCH3 is 2. The fourth-order valence-electron chi connectivity index (χ4n) is 5.50. The predicted molar refractivity (Wildman–Crippen MR) is 157 cm³/mol. The quantitative estimate of drug-likeness (QED) is 0.149. The van der Waals surface area contributed by atoms with Crippen LogP contribution in [0.1, 0.15) is 30.4 Å². The molecule has 5 heteroatoms. The number of phenolic OH excluding ortho intramolecular Hbond substituents is 2. The van der Waals surface area contributed by atoms with Gasteiger partial charge >= 0.3 is 221 Å². The number of ether oxygens (including phenoxy) is 2. The maximum absolute atomic E-state index is 10.8. The van der Waals surface area contributed by atoms with Gasteiger partial charge in [-0.15, -0.1) is 0 Å². The first-order valence-corrected chi connectivity index (χ1v) is 15.1. The van der Waals surface area contributed by atoms with E-state index in [2.05, 4.69) is 91.0 Å². The van der Waals surface area contributed by atoms with E-state index in [1.54, 1.807) is 0 Å². The number of aromatic hydroxyl groups is 2. The summed E-state index contributed by atoms with van der Waals surface area (Å²) in [6.45, 7) is 1.81. The summed E-state index contributed by atoms with van der Waals surface area (Å²) >= 11 is 0.